The molecule has 3 aliphatic rings. The largest absolute Gasteiger partial charge is 0.481 e. The fraction of sp³-hybridized carbons (Fsp3) is 0.938. The molecule has 1 aliphatic heterocycles. The molecule has 1 N–H and O–H groups in total. The molecule has 0 spiro atoms. The molecule has 2 saturated carbocycles. The van der Waals surface area contributed by atoms with E-state index >= 15 is 0 Å². The van der Waals surface area contributed by atoms with Gasteiger partial charge in [0.05, 0.1) is 11.5 Å². The molecule has 3 rings (SSSR count). The molecule has 108 valence electrons. The SMILES string of the molecule is CC1(CC2CCCCC2)CCC2OC2C1(C)C(=O)O. The van der Waals surface area contributed by atoms with E-state index in [1.54, 1.807) is 0 Å². The molecule has 0 radical (unpaired) electrons. The van der Waals surface area contributed by atoms with Gasteiger partial charge in [-0.15, -0.1) is 0 Å². The molecule has 4 unspecified atom stereocenters. The van der Waals surface area contributed by atoms with Crippen LogP contribution in [0.25, 0.3) is 0 Å². The number of ether oxygens (including phenoxy) is 1. The van der Waals surface area contributed by atoms with Gasteiger partial charge in [0.2, 0.25) is 0 Å². The fourth-order valence-corrected chi connectivity index (χ4v) is 4.66. The maximum atomic E-state index is 11.9. The highest BCUT2D eigenvalue weighted by atomic mass is 16.6. The van der Waals surface area contributed by atoms with E-state index in [0.717, 1.165) is 25.2 Å². The first-order valence-electron chi connectivity index (χ1n) is 7.86. The van der Waals surface area contributed by atoms with Crippen molar-refractivity contribution < 1.29 is 14.6 Å². The van der Waals surface area contributed by atoms with Gasteiger partial charge in [0, 0.05) is 0 Å². The molecule has 0 bridgehead atoms. The summed E-state index contributed by atoms with van der Waals surface area (Å²) in [4.78, 5) is 11.9. The molecule has 2 aliphatic carbocycles. The summed E-state index contributed by atoms with van der Waals surface area (Å²) >= 11 is 0. The highest BCUT2D eigenvalue weighted by Gasteiger charge is 2.67. The summed E-state index contributed by atoms with van der Waals surface area (Å²) in [6.45, 7) is 4.13. The molecular formula is C16H26O3. The van der Waals surface area contributed by atoms with Crippen LogP contribution in [0.15, 0.2) is 0 Å². The van der Waals surface area contributed by atoms with E-state index in [-0.39, 0.29) is 17.6 Å². The molecule has 3 heteroatoms. The van der Waals surface area contributed by atoms with Crippen LogP contribution in [0, 0.1) is 16.7 Å². The zero-order chi connectivity index (χ0) is 13.7. The maximum absolute atomic E-state index is 11.9. The zero-order valence-electron chi connectivity index (χ0n) is 12.2. The zero-order valence-corrected chi connectivity index (χ0v) is 12.2. The van der Waals surface area contributed by atoms with Crippen LogP contribution < -0.4 is 0 Å². The van der Waals surface area contributed by atoms with Gasteiger partial charge in [-0.25, -0.2) is 0 Å². The second-order valence-corrected chi connectivity index (χ2v) is 7.41. The van der Waals surface area contributed by atoms with Gasteiger partial charge in [0.1, 0.15) is 6.10 Å². The molecule has 0 aromatic rings. The van der Waals surface area contributed by atoms with Crippen molar-refractivity contribution in [1.29, 1.82) is 0 Å². The van der Waals surface area contributed by atoms with Gasteiger partial charge in [-0.1, -0.05) is 39.0 Å². The number of carboxylic acid groups (broad SMARTS) is 1. The monoisotopic (exact) mass is 266 g/mol. The van der Waals surface area contributed by atoms with Crippen LogP contribution in [-0.2, 0) is 9.53 Å². The second kappa shape index (κ2) is 4.47. The summed E-state index contributed by atoms with van der Waals surface area (Å²) in [5.74, 6) is 0.0748. The lowest BCUT2D eigenvalue weighted by molar-refractivity contribution is -0.161. The van der Waals surface area contributed by atoms with Gasteiger partial charge in [0.15, 0.2) is 0 Å². The summed E-state index contributed by atoms with van der Waals surface area (Å²) in [6.07, 6.45) is 9.91. The van der Waals surface area contributed by atoms with Crippen molar-refractivity contribution >= 4 is 5.97 Å². The predicted octanol–water partition coefficient (Wildman–Crippen LogP) is 3.62. The lowest BCUT2D eigenvalue weighted by Crippen LogP contribution is -2.52. The lowest BCUT2D eigenvalue weighted by atomic mass is 9.54. The Labute approximate surface area is 115 Å². The minimum absolute atomic E-state index is 0.0349. The minimum atomic E-state index is -0.687. The van der Waals surface area contributed by atoms with E-state index in [4.69, 9.17) is 4.74 Å². The number of carbonyl (C=O) groups is 1. The van der Waals surface area contributed by atoms with E-state index in [0.29, 0.717) is 0 Å². The highest BCUT2D eigenvalue weighted by molar-refractivity contribution is 5.77. The fourth-order valence-electron chi connectivity index (χ4n) is 4.66. The number of aliphatic carboxylic acids is 1. The molecule has 1 saturated heterocycles. The molecule has 19 heavy (non-hydrogen) atoms. The first-order valence-corrected chi connectivity index (χ1v) is 7.86. The summed E-state index contributed by atoms with van der Waals surface area (Å²) < 4.78 is 5.66. The standard InChI is InChI=1S/C16H26O3/c1-15(10-11-6-4-3-5-7-11)9-8-12-13(19-12)16(15,2)14(17)18/h11-13H,3-10H2,1-2H3,(H,17,18). The van der Waals surface area contributed by atoms with E-state index in [1.807, 2.05) is 6.92 Å². The van der Waals surface area contributed by atoms with Crippen molar-refractivity contribution in [3.63, 3.8) is 0 Å². The highest BCUT2D eigenvalue weighted by Crippen LogP contribution is 2.61. The molecule has 3 nitrogen and oxygen atoms in total. The van der Waals surface area contributed by atoms with Gasteiger partial charge < -0.3 is 9.84 Å². The molecule has 4 atom stereocenters. The Bertz CT molecular complexity index is 374. The predicted molar refractivity (Wildman–Crippen MR) is 72.9 cm³/mol. The van der Waals surface area contributed by atoms with Crippen LogP contribution >= 0.6 is 0 Å². The number of epoxide rings is 1. The van der Waals surface area contributed by atoms with Crippen LogP contribution in [0.5, 0.6) is 0 Å². The Kier molecular flexibility index (Phi) is 3.16. The number of rotatable bonds is 3. The Morgan fingerprint density at radius 3 is 2.53 bits per heavy atom. The van der Waals surface area contributed by atoms with Crippen molar-refractivity contribution in [2.24, 2.45) is 16.7 Å². The molecule has 0 aromatic carbocycles. The second-order valence-electron chi connectivity index (χ2n) is 7.41. The third-order valence-corrected chi connectivity index (χ3v) is 6.29. The number of hydrogen-bond acceptors (Lipinski definition) is 2. The minimum Gasteiger partial charge on any atom is -0.481 e. The molecular weight excluding hydrogens is 240 g/mol. The van der Waals surface area contributed by atoms with E-state index in [9.17, 15) is 9.90 Å². The third kappa shape index (κ3) is 2.01. The topological polar surface area (TPSA) is 49.8 Å². The van der Waals surface area contributed by atoms with Crippen molar-refractivity contribution in [3.05, 3.63) is 0 Å². The molecule has 0 aromatic heterocycles. The molecule has 1 heterocycles. The smallest absolute Gasteiger partial charge is 0.312 e. The first kappa shape index (κ1) is 13.4. The Morgan fingerprint density at radius 2 is 1.89 bits per heavy atom. The summed E-state index contributed by atoms with van der Waals surface area (Å²) in [6, 6.07) is 0. The van der Waals surface area contributed by atoms with Crippen LogP contribution in [0.2, 0.25) is 0 Å². The normalized spacial score (nSPS) is 46.6. The van der Waals surface area contributed by atoms with E-state index < -0.39 is 11.4 Å². The summed E-state index contributed by atoms with van der Waals surface area (Å²) in [7, 11) is 0. The van der Waals surface area contributed by atoms with Gasteiger partial charge in [-0.3, -0.25) is 4.79 Å². The average molecular weight is 266 g/mol. The van der Waals surface area contributed by atoms with Crippen LogP contribution in [0.1, 0.15) is 65.2 Å². The molecule has 3 fully saturated rings. The van der Waals surface area contributed by atoms with Crippen LogP contribution in [0.3, 0.4) is 0 Å². The Balaban J connectivity index is 1.80. The number of hydrogen-bond donors (Lipinski definition) is 1. The maximum Gasteiger partial charge on any atom is 0.312 e. The van der Waals surface area contributed by atoms with Crippen molar-refractivity contribution in [3.8, 4) is 0 Å². The van der Waals surface area contributed by atoms with Gasteiger partial charge in [0.25, 0.3) is 0 Å². The number of fused-ring (bicyclic) bond motifs is 1. The number of carboxylic acids is 1. The van der Waals surface area contributed by atoms with Crippen molar-refractivity contribution in [2.45, 2.75) is 77.4 Å². The van der Waals surface area contributed by atoms with Gasteiger partial charge >= 0.3 is 5.97 Å². The van der Waals surface area contributed by atoms with E-state index in [1.165, 1.54) is 32.1 Å². The average Bonchev–Trinajstić information content (AvgIpc) is 3.16. The summed E-state index contributed by atoms with van der Waals surface area (Å²) in [5, 5.41) is 9.78. The molecule has 0 amide bonds. The van der Waals surface area contributed by atoms with Crippen LogP contribution in [0.4, 0.5) is 0 Å². The van der Waals surface area contributed by atoms with Crippen molar-refractivity contribution in [2.75, 3.05) is 0 Å². The van der Waals surface area contributed by atoms with Gasteiger partial charge in [-0.05, 0) is 37.5 Å². The Morgan fingerprint density at radius 1 is 1.21 bits per heavy atom. The third-order valence-electron chi connectivity index (χ3n) is 6.29. The van der Waals surface area contributed by atoms with Crippen molar-refractivity contribution in [1.82, 2.24) is 0 Å². The quantitative estimate of drug-likeness (QED) is 0.794. The van der Waals surface area contributed by atoms with Crippen LogP contribution in [-0.4, -0.2) is 23.3 Å². The summed E-state index contributed by atoms with van der Waals surface area (Å²) in [5.41, 5.74) is -0.786. The van der Waals surface area contributed by atoms with Gasteiger partial charge in [-0.2, -0.15) is 0 Å². The lowest BCUT2D eigenvalue weighted by Gasteiger charge is -2.47. The Hall–Kier alpha value is -0.570. The first-order chi connectivity index (χ1) is 8.97. The van der Waals surface area contributed by atoms with E-state index in [2.05, 4.69) is 6.92 Å².